The first-order chi connectivity index (χ1) is 8.47. The molecule has 0 spiro atoms. The normalized spacial score (nSPS) is 10.4. The second-order valence-electron chi connectivity index (χ2n) is 3.82. The van der Waals surface area contributed by atoms with Crippen LogP contribution in [0.1, 0.15) is 5.56 Å². The van der Waals surface area contributed by atoms with Crippen LogP contribution in [0.3, 0.4) is 0 Å². The molecule has 0 bridgehead atoms. The average Bonchev–Trinajstić information content (AvgIpc) is 2.31. The number of anilines is 1. The molecule has 0 unspecified atom stereocenters. The molecule has 2 aromatic rings. The standard InChI is InChI=1S/C13H10ClF2NO/c1-7-4-8(2-3-10(7)15)18-13-6-11(16)9(14)5-12(13)17/h2-6H,17H2,1H3. The molecule has 2 rings (SSSR count). The van der Waals surface area contributed by atoms with Crippen molar-refractivity contribution >= 4 is 17.3 Å². The zero-order valence-corrected chi connectivity index (χ0v) is 10.3. The fraction of sp³-hybridized carbons (Fsp3) is 0.0769. The Labute approximate surface area is 108 Å². The Hall–Kier alpha value is -1.81. The highest BCUT2D eigenvalue weighted by molar-refractivity contribution is 6.31. The van der Waals surface area contributed by atoms with Gasteiger partial charge in [0.15, 0.2) is 5.75 Å². The molecule has 0 aliphatic carbocycles. The summed E-state index contributed by atoms with van der Waals surface area (Å²) < 4.78 is 31.7. The molecule has 0 aliphatic rings. The Morgan fingerprint density at radius 3 is 2.50 bits per heavy atom. The van der Waals surface area contributed by atoms with Crippen LogP contribution < -0.4 is 10.5 Å². The van der Waals surface area contributed by atoms with E-state index in [1.165, 1.54) is 24.3 Å². The van der Waals surface area contributed by atoms with E-state index in [-0.39, 0.29) is 22.3 Å². The van der Waals surface area contributed by atoms with Crippen LogP contribution in [0, 0.1) is 18.6 Å². The van der Waals surface area contributed by atoms with Crippen molar-refractivity contribution in [2.75, 3.05) is 5.73 Å². The van der Waals surface area contributed by atoms with Crippen molar-refractivity contribution in [1.29, 1.82) is 0 Å². The van der Waals surface area contributed by atoms with Gasteiger partial charge >= 0.3 is 0 Å². The number of aryl methyl sites for hydroxylation is 1. The molecule has 0 aromatic heterocycles. The fourth-order valence-electron chi connectivity index (χ4n) is 1.44. The second-order valence-corrected chi connectivity index (χ2v) is 4.22. The third-order valence-electron chi connectivity index (χ3n) is 2.41. The molecule has 0 atom stereocenters. The van der Waals surface area contributed by atoms with Crippen molar-refractivity contribution in [2.45, 2.75) is 6.92 Å². The summed E-state index contributed by atoms with van der Waals surface area (Å²) in [6.45, 7) is 1.61. The largest absolute Gasteiger partial charge is 0.455 e. The molecule has 0 saturated heterocycles. The Bertz CT molecular complexity index is 602. The van der Waals surface area contributed by atoms with Crippen molar-refractivity contribution in [3.63, 3.8) is 0 Å². The molecule has 2 nitrogen and oxygen atoms in total. The minimum absolute atomic E-state index is 0.0739. The summed E-state index contributed by atoms with van der Waals surface area (Å²) in [6.07, 6.45) is 0. The zero-order valence-electron chi connectivity index (χ0n) is 9.51. The SMILES string of the molecule is Cc1cc(Oc2cc(F)c(Cl)cc2N)ccc1F. The van der Waals surface area contributed by atoms with Gasteiger partial charge in [-0.1, -0.05) is 11.6 Å². The van der Waals surface area contributed by atoms with Crippen LogP contribution in [0.15, 0.2) is 30.3 Å². The molecule has 0 saturated carbocycles. The second kappa shape index (κ2) is 4.82. The monoisotopic (exact) mass is 269 g/mol. The topological polar surface area (TPSA) is 35.2 Å². The smallest absolute Gasteiger partial charge is 0.153 e. The van der Waals surface area contributed by atoms with Crippen molar-refractivity contribution in [3.8, 4) is 11.5 Å². The number of rotatable bonds is 2. The summed E-state index contributed by atoms with van der Waals surface area (Å²) in [6, 6.07) is 6.57. The highest BCUT2D eigenvalue weighted by atomic mass is 35.5. The molecule has 0 aliphatic heterocycles. The number of halogens is 3. The molecule has 5 heteroatoms. The van der Waals surface area contributed by atoms with Gasteiger partial charge in [0.2, 0.25) is 0 Å². The maximum atomic E-state index is 13.3. The zero-order chi connectivity index (χ0) is 13.3. The van der Waals surface area contributed by atoms with Crippen molar-refractivity contribution in [2.24, 2.45) is 0 Å². The lowest BCUT2D eigenvalue weighted by molar-refractivity contribution is 0.476. The van der Waals surface area contributed by atoms with Gasteiger partial charge in [-0.05, 0) is 36.8 Å². The predicted molar refractivity (Wildman–Crippen MR) is 67.0 cm³/mol. The molecular formula is C13H10ClF2NO. The molecule has 0 fully saturated rings. The van der Waals surface area contributed by atoms with Gasteiger partial charge < -0.3 is 10.5 Å². The maximum absolute atomic E-state index is 13.3. The Kier molecular flexibility index (Phi) is 3.39. The number of ether oxygens (including phenoxy) is 1. The Balaban J connectivity index is 2.34. The van der Waals surface area contributed by atoms with Gasteiger partial charge in [0.05, 0.1) is 10.7 Å². The van der Waals surface area contributed by atoms with Gasteiger partial charge in [0.1, 0.15) is 17.4 Å². The number of hydrogen-bond donors (Lipinski definition) is 1. The summed E-state index contributed by atoms with van der Waals surface area (Å²) in [5.41, 5.74) is 6.30. The van der Waals surface area contributed by atoms with E-state index in [0.717, 1.165) is 6.07 Å². The van der Waals surface area contributed by atoms with E-state index in [1.54, 1.807) is 6.92 Å². The highest BCUT2D eigenvalue weighted by Crippen LogP contribution is 2.32. The number of benzene rings is 2. The quantitative estimate of drug-likeness (QED) is 0.825. The number of nitrogens with two attached hydrogens (primary N) is 1. The summed E-state index contributed by atoms with van der Waals surface area (Å²) in [5, 5.41) is -0.0739. The van der Waals surface area contributed by atoms with Crippen LogP contribution in [-0.2, 0) is 0 Å². The molecule has 2 aromatic carbocycles. The molecule has 0 amide bonds. The lowest BCUT2D eigenvalue weighted by Gasteiger charge is -2.10. The van der Waals surface area contributed by atoms with Crippen LogP contribution >= 0.6 is 11.6 Å². The van der Waals surface area contributed by atoms with Crippen molar-refractivity contribution < 1.29 is 13.5 Å². The van der Waals surface area contributed by atoms with Crippen LogP contribution in [0.4, 0.5) is 14.5 Å². The molecular weight excluding hydrogens is 260 g/mol. The molecule has 18 heavy (non-hydrogen) atoms. The first-order valence-electron chi connectivity index (χ1n) is 5.16. The third-order valence-corrected chi connectivity index (χ3v) is 2.70. The lowest BCUT2D eigenvalue weighted by Crippen LogP contribution is -1.94. The van der Waals surface area contributed by atoms with Gasteiger partial charge in [0.25, 0.3) is 0 Å². The van der Waals surface area contributed by atoms with Crippen molar-refractivity contribution in [3.05, 3.63) is 52.6 Å². The van der Waals surface area contributed by atoms with Crippen LogP contribution in [0.2, 0.25) is 5.02 Å². The van der Waals surface area contributed by atoms with Gasteiger partial charge in [-0.2, -0.15) is 0 Å². The number of nitrogen functional groups attached to an aromatic ring is 1. The van der Waals surface area contributed by atoms with Crippen LogP contribution in [0.5, 0.6) is 11.5 Å². The van der Waals surface area contributed by atoms with Gasteiger partial charge in [-0.15, -0.1) is 0 Å². The van der Waals surface area contributed by atoms with Gasteiger partial charge in [-0.25, -0.2) is 8.78 Å². The summed E-state index contributed by atoms with van der Waals surface area (Å²) >= 11 is 5.57. The minimum atomic E-state index is -0.625. The first kappa shape index (κ1) is 12.6. The Morgan fingerprint density at radius 1 is 1.11 bits per heavy atom. The summed E-state index contributed by atoms with van der Waals surface area (Å²) in [7, 11) is 0. The molecule has 94 valence electrons. The van der Waals surface area contributed by atoms with E-state index in [2.05, 4.69) is 0 Å². The van der Waals surface area contributed by atoms with Crippen molar-refractivity contribution in [1.82, 2.24) is 0 Å². The van der Waals surface area contributed by atoms with E-state index in [0.29, 0.717) is 11.3 Å². The third kappa shape index (κ3) is 2.54. The van der Waals surface area contributed by atoms with E-state index in [9.17, 15) is 8.78 Å². The first-order valence-corrected chi connectivity index (χ1v) is 5.53. The van der Waals surface area contributed by atoms with E-state index in [1.807, 2.05) is 0 Å². The van der Waals surface area contributed by atoms with Gasteiger partial charge in [-0.3, -0.25) is 0 Å². The van der Waals surface area contributed by atoms with E-state index in [4.69, 9.17) is 22.1 Å². The average molecular weight is 270 g/mol. The van der Waals surface area contributed by atoms with E-state index < -0.39 is 5.82 Å². The highest BCUT2D eigenvalue weighted by Gasteiger charge is 2.09. The predicted octanol–water partition coefficient (Wildman–Crippen LogP) is 4.30. The van der Waals surface area contributed by atoms with Crippen LogP contribution in [0.25, 0.3) is 0 Å². The fourth-order valence-corrected chi connectivity index (χ4v) is 1.61. The van der Waals surface area contributed by atoms with Crippen LogP contribution in [-0.4, -0.2) is 0 Å². The molecule has 0 radical (unpaired) electrons. The Morgan fingerprint density at radius 2 is 1.83 bits per heavy atom. The maximum Gasteiger partial charge on any atom is 0.153 e. The van der Waals surface area contributed by atoms with E-state index >= 15 is 0 Å². The minimum Gasteiger partial charge on any atom is -0.455 e. The summed E-state index contributed by atoms with van der Waals surface area (Å²) in [5.74, 6) is -0.442. The summed E-state index contributed by atoms with van der Waals surface area (Å²) in [4.78, 5) is 0. The number of hydrogen-bond acceptors (Lipinski definition) is 2. The molecule has 0 heterocycles. The lowest BCUT2D eigenvalue weighted by atomic mass is 10.2. The van der Waals surface area contributed by atoms with Gasteiger partial charge in [0, 0.05) is 6.07 Å². The molecule has 2 N–H and O–H groups in total.